The summed E-state index contributed by atoms with van der Waals surface area (Å²) in [6.45, 7) is 5.71. The van der Waals surface area contributed by atoms with Gasteiger partial charge < -0.3 is 5.32 Å². The van der Waals surface area contributed by atoms with Crippen LogP contribution in [-0.2, 0) is 6.42 Å². The van der Waals surface area contributed by atoms with E-state index in [9.17, 15) is 0 Å². The second-order valence-electron chi connectivity index (χ2n) is 5.23. The van der Waals surface area contributed by atoms with Crippen LogP contribution in [0.4, 0.5) is 0 Å². The van der Waals surface area contributed by atoms with Crippen LogP contribution in [0.15, 0.2) is 24.3 Å². The minimum absolute atomic E-state index is 0.644. The van der Waals surface area contributed by atoms with Crippen LogP contribution in [-0.4, -0.2) is 12.6 Å². The van der Waals surface area contributed by atoms with Crippen molar-refractivity contribution in [2.45, 2.75) is 51.5 Å². The number of nitrogens with one attached hydrogen (secondary N) is 1. The predicted octanol–water partition coefficient (Wildman–Crippen LogP) is 3.49. The molecule has 0 amide bonds. The van der Waals surface area contributed by atoms with Gasteiger partial charge >= 0.3 is 0 Å². The molecule has 0 spiro atoms. The van der Waals surface area contributed by atoms with Crippen molar-refractivity contribution in [3.8, 4) is 0 Å². The second-order valence-corrected chi connectivity index (χ2v) is 5.23. The Morgan fingerprint density at radius 1 is 1.25 bits per heavy atom. The Hall–Kier alpha value is -0.820. The summed E-state index contributed by atoms with van der Waals surface area (Å²) in [5, 5.41) is 3.56. The van der Waals surface area contributed by atoms with E-state index in [0.29, 0.717) is 5.92 Å². The summed E-state index contributed by atoms with van der Waals surface area (Å²) < 4.78 is 0. The maximum atomic E-state index is 3.56. The first-order valence-electron chi connectivity index (χ1n) is 6.58. The number of hydrogen-bond donors (Lipinski definition) is 1. The molecule has 1 unspecified atom stereocenters. The molecule has 1 aliphatic heterocycles. The van der Waals surface area contributed by atoms with E-state index in [-0.39, 0.29) is 0 Å². The smallest absolute Gasteiger partial charge is 0.00707 e. The standard InChI is InChI=1S/C15H23N/c1-12(2)14-8-5-13(6-9-14)7-10-15-4-3-11-16-15/h5-6,8-9,12,15-16H,3-4,7,10-11H2,1-2H3. The minimum Gasteiger partial charge on any atom is -0.314 e. The molecule has 0 bridgehead atoms. The fourth-order valence-electron chi connectivity index (χ4n) is 2.41. The second kappa shape index (κ2) is 5.49. The molecule has 16 heavy (non-hydrogen) atoms. The molecule has 0 aromatic heterocycles. The molecule has 1 aromatic carbocycles. The summed E-state index contributed by atoms with van der Waals surface area (Å²) in [4.78, 5) is 0. The Morgan fingerprint density at radius 3 is 2.56 bits per heavy atom. The van der Waals surface area contributed by atoms with Gasteiger partial charge in [0, 0.05) is 6.04 Å². The molecule has 1 aromatic rings. The zero-order valence-electron chi connectivity index (χ0n) is 10.5. The molecule has 0 radical (unpaired) electrons. The van der Waals surface area contributed by atoms with Crippen LogP contribution in [0.3, 0.4) is 0 Å². The normalized spacial score (nSPS) is 20.6. The van der Waals surface area contributed by atoms with E-state index in [0.717, 1.165) is 6.04 Å². The van der Waals surface area contributed by atoms with E-state index in [4.69, 9.17) is 0 Å². The average molecular weight is 217 g/mol. The zero-order chi connectivity index (χ0) is 11.4. The van der Waals surface area contributed by atoms with E-state index in [1.54, 1.807) is 0 Å². The van der Waals surface area contributed by atoms with Crippen LogP contribution in [0.5, 0.6) is 0 Å². The van der Waals surface area contributed by atoms with Crippen LogP contribution in [0.2, 0.25) is 0 Å². The van der Waals surface area contributed by atoms with Crippen LogP contribution in [0.25, 0.3) is 0 Å². The van der Waals surface area contributed by atoms with Gasteiger partial charge in [-0.1, -0.05) is 38.1 Å². The van der Waals surface area contributed by atoms with Gasteiger partial charge in [-0.15, -0.1) is 0 Å². The molecule has 1 N–H and O–H groups in total. The van der Waals surface area contributed by atoms with Crippen LogP contribution in [0.1, 0.15) is 50.2 Å². The largest absolute Gasteiger partial charge is 0.314 e. The van der Waals surface area contributed by atoms with Crippen LogP contribution >= 0.6 is 0 Å². The third-order valence-corrected chi connectivity index (χ3v) is 3.59. The molecule has 1 heteroatoms. The molecule has 0 aliphatic carbocycles. The van der Waals surface area contributed by atoms with Gasteiger partial charge in [0.2, 0.25) is 0 Å². The molecule has 88 valence electrons. The molecule has 2 rings (SSSR count). The highest BCUT2D eigenvalue weighted by Crippen LogP contribution is 2.17. The fourth-order valence-corrected chi connectivity index (χ4v) is 2.41. The van der Waals surface area contributed by atoms with Gasteiger partial charge in [-0.2, -0.15) is 0 Å². The zero-order valence-corrected chi connectivity index (χ0v) is 10.5. The van der Waals surface area contributed by atoms with Crippen molar-refractivity contribution in [3.63, 3.8) is 0 Å². The Kier molecular flexibility index (Phi) is 4.00. The predicted molar refractivity (Wildman–Crippen MR) is 69.9 cm³/mol. The lowest BCUT2D eigenvalue weighted by Crippen LogP contribution is -2.21. The van der Waals surface area contributed by atoms with Crippen molar-refractivity contribution in [2.24, 2.45) is 0 Å². The molecule has 1 saturated heterocycles. The van der Waals surface area contributed by atoms with Gasteiger partial charge in [-0.3, -0.25) is 0 Å². The molecular formula is C15H23N. The van der Waals surface area contributed by atoms with Crippen molar-refractivity contribution in [2.75, 3.05) is 6.54 Å². The Labute approximate surface area is 99.3 Å². The molecule has 1 aliphatic rings. The summed E-state index contributed by atoms with van der Waals surface area (Å²) in [6.07, 6.45) is 5.23. The van der Waals surface area contributed by atoms with Gasteiger partial charge in [-0.05, 0) is 49.3 Å². The quantitative estimate of drug-likeness (QED) is 0.814. The van der Waals surface area contributed by atoms with Crippen LogP contribution < -0.4 is 5.32 Å². The highest BCUT2D eigenvalue weighted by atomic mass is 14.9. The lowest BCUT2D eigenvalue weighted by atomic mass is 9.99. The maximum Gasteiger partial charge on any atom is 0.00707 e. The topological polar surface area (TPSA) is 12.0 Å². The lowest BCUT2D eigenvalue weighted by molar-refractivity contribution is 0.559. The Morgan fingerprint density at radius 2 is 2.00 bits per heavy atom. The third kappa shape index (κ3) is 3.08. The third-order valence-electron chi connectivity index (χ3n) is 3.59. The summed E-state index contributed by atoms with van der Waals surface area (Å²) in [7, 11) is 0. The van der Waals surface area contributed by atoms with E-state index in [2.05, 4.69) is 43.4 Å². The van der Waals surface area contributed by atoms with Crippen molar-refractivity contribution in [1.82, 2.24) is 5.32 Å². The fraction of sp³-hybridized carbons (Fsp3) is 0.600. The van der Waals surface area contributed by atoms with E-state index in [1.165, 1.54) is 43.4 Å². The minimum atomic E-state index is 0.644. The van der Waals surface area contributed by atoms with E-state index < -0.39 is 0 Å². The number of rotatable bonds is 4. The van der Waals surface area contributed by atoms with E-state index >= 15 is 0 Å². The first-order chi connectivity index (χ1) is 7.75. The Balaban J connectivity index is 1.84. The highest BCUT2D eigenvalue weighted by molar-refractivity contribution is 5.24. The monoisotopic (exact) mass is 217 g/mol. The van der Waals surface area contributed by atoms with Gasteiger partial charge in [0.15, 0.2) is 0 Å². The van der Waals surface area contributed by atoms with Crippen molar-refractivity contribution >= 4 is 0 Å². The maximum absolute atomic E-state index is 3.56. The summed E-state index contributed by atoms with van der Waals surface area (Å²) in [5.74, 6) is 0.644. The SMILES string of the molecule is CC(C)c1ccc(CCC2CCCN2)cc1. The molecule has 0 saturated carbocycles. The summed E-state index contributed by atoms with van der Waals surface area (Å²) >= 11 is 0. The number of aryl methyl sites for hydroxylation is 1. The molecule has 1 heterocycles. The molecule has 1 fully saturated rings. The van der Waals surface area contributed by atoms with Gasteiger partial charge in [0.05, 0.1) is 0 Å². The average Bonchev–Trinajstić information content (AvgIpc) is 2.80. The molecular weight excluding hydrogens is 194 g/mol. The number of hydrogen-bond acceptors (Lipinski definition) is 1. The van der Waals surface area contributed by atoms with E-state index in [1.807, 2.05) is 0 Å². The Bertz CT molecular complexity index is 307. The molecule has 1 atom stereocenters. The van der Waals surface area contributed by atoms with Crippen molar-refractivity contribution in [3.05, 3.63) is 35.4 Å². The van der Waals surface area contributed by atoms with Crippen molar-refractivity contribution < 1.29 is 0 Å². The van der Waals surface area contributed by atoms with Gasteiger partial charge in [-0.25, -0.2) is 0 Å². The lowest BCUT2D eigenvalue weighted by Gasteiger charge is -2.10. The van der Waals surface area contributed by atoms with Crippen LogP contribution in [0, 0.1) is 0 Å². The molecule has 1 nitrogen and oxygen atoms in total. The highest BCUT2D eigenvalue weighted by Gasteiger charge is 2.13. The first kappa shape index (κ1) is 11.7. The number of benzene rings is 1. The first-order valence-corrected chi connectivity index (χ1v) is 6.58. The van der Waals surface area contributed by atoms with Crippen molar-refractivity contribution in [1.29, 1.82) is 0 Å². The van der Waals surface area contributed by atoms with Gasteiger partial charge in [0.1, 0.15) is 0 Å². The summed E-state index contributed by atoms with van der Waals surface area (Å²) in [6, 6.07) is 9.92. The van der Waals surface area contributed by atoms with Gasteiger partial charge in [0.25, 0.3) is 0 Å². The summed E-state index contributed by atoms with van der Waals surface area (Å²) in [5.41, 5.74) is 2.93.